The molecule has 1 aromatic carbocycles. The number of nitrogens with zero attached hydrogens (tertiary/aromatic N) is 9. The molecule has 2 N–H and O–H groups in total. The summed E-state index contributed by atoms with van der Waals surface area (Å²) in [5.41, 5.74) is 1.17. The summed E-state index contributed by atoms with van der Waals surface area (Å²) < 4.78 is 37.1. The van der Waals surface area contributed by atoms with Gasteiger partial charge in [-0.2, -0.15) is 10.2 Å². The van der Waals surface area contributed by atoms with E-state index >= 15 is 0 Å². The van der Waals surface area contributed by atoms with E-state index in [2.05, 4.69) is 35.6 Å². The second-order valence-corrected chi connectivity index (χ2v) is 17.5. The zero-order valence-electron chi connectivity index (χ0n) is 33.9. The molecule has 19 heteroatoms. The van der Waals surface area contributed by atoms with E-state index < -0.39 is 24.1 Å². The first-order valence-electron chi connectivity index (χ1n) is 21.3. The van der Waals surface area contributed by atoms with Gasteiger partial charge in [-0.25, -0.2) is 23.1 Å². The van der Waals surface area contributed by atoms with Crippen LogP contribution in [0.5, 0.6) is 0 Å². The maximum Gasteiger partial charge on any atom is 0.328 e. The fourth-order valence-electron chi connectivity index (χ4n) is 9.75. The Balaban J connectivity index is 0.749. The van der Waals surface area contributed by atoms with E-state index in [1.807, 2.05) is 11.0 Å². The Kier molecular flexibility index (Phi) is 11.7. The highest BCUT2D eigenvalue weighted by atomic mass is 35.5. The van der Waals surface area contributed by atoms with Gasteiger partial charge in [-0.1, -0.05) is 11.6 Å². The van der Waals surface area contributed by atoms with Gasteiger partial charge in [-0.05, 0) is 87.0 Å². The Hall–Kier alpha value is -5.20. The first-order valence-corrected chi connectivity index (χ1v) is 21.7. The molecule has 4 aliphatic heterocycles. The van der Waals surface area contributed by atoms with E-state index in [1.165, 1.54) is 21.8 Å². The van der Waals surface area contributed by atoms with Crippen molar-refractivity contribution >= 4 is 58.2 Å². The predicted octanol–water partition coefficient (Wildman–Crippen LogP) is 5.80. The molecular formula is C42H50ClF2N11O5. The van der Waals surface area contributed by atoms with Crippen LogP contribution in [0.4, 0.5) is 30.8 Å². The van der Waals surface area contributed by atoms with Crippen LogP contribution in [0.15, 0.2) is 42.9 Å². The van der Waals surface area contributed by atoms with Crippen LogP contribution in [0.1, 0.15) is 96.7 Å². The molecule has 0 atom stereocenters. The summed E-state index contributed by atoms with van der Waals surface area (Å²) >= 11 is 6.42. The number of fused-ring (bicyclic) bond motifs is 1. The minimum atomic E-state index is -2.86. The van der Waals surface area contributed by atoms with Crippen molar-refractivity contribution in [3.05, 3.63) is 64.7 Å². The lowest BCUT2D eigenvalue weighted by molar-refractivity contribution is -0.120. The lowest BCUT2D eigenvalue weighted by Crippen LogP contribution is -2.49. The molecule has 0 bridgehead atoms. The minimum absolute atomic E-state index is 0.0143. The van der Waals surface area contributed by atoms with Crippen molar-refractivity contribution < 1.29 is 32.7 Å². The second kappa shape index (κ2) is 17.3. The van der Waals surface area contributed by atoms with Gasteiger partial charge in [0.05, 0.1) is 41.8 Å². The molecule has 1 saturated carbocycles. The van der Waals surface area contributed by atoms with Gasteiger partial charge >= 0.3 is 6.03 Å². The lowest BCUT2D eigenvalue weighted by Gasteiger charge is -2.47. The van der Waals surface area contributed by atoms with Crippen LogP contribution in [0, 0.1) is 11.3 Å². The molecule has 3 aromatic heterocycles. The standard InChI is InChI=1S/C42H50ClF2N11O5/c43-31-2-1-28(23-33(31)54-15-8-35(57)49-41(54)60)40(59)53-17-11-42(12-18-53)9-3-27(4-10-42)25-51-13-5-29(6-14-51)56-26-32(36(50-56)37(44)45)47-39(58)30-24-46-55-16-7-34(48-38(30)55)52-19-21-61-22-20-52/h1-2,7,16,23-24,26-27,29,37H,3-6,8-15,17-22,25H2,(H,47,58)(H,49,57,60). The van der Waals surface area contributed by atoms with E-state index in [0.717, 1.165) is 71.0 Å². The number of piperidine rings is 2. The average molecular weight is 862 g/mol. The molecule has 16 nitrogen and oxygen atoms in total. The van der Waals surface area contributed by atoms with E-state index in [9.17, 15) is 28.0 Å². The number of benzene rings is 1. The Morgan fingerprint density at radius 2 is 1.72 bits per heavy atom. The number of halogens is 3. The van der Waals surface area contributed by atoms with Crippen molar-refractivity contribution in [3.8, 4) is 0 Å². The number of amides is 5. The number of hydrogen-bond acceptors (Lipinski definition) is 10. The molecule has 0 unspecified atom stereocenters. The van der Waals surface area contributed by atoms with Crippen molar-refractivity contribution in [1.82, 2.24) is 39.5 Å². The number of carbonyl (C=O) groups excluding carboxylic acids is 4. The molecule has 5 amide bonds. The fourth-order valence-corrected chi connectivity index (χ4v) is 9.96. The third-order valence-corrected chi connectivity index (χ3v) is 13.7. The largest absolute Gasteiger partial charge is 0.378 e. The number of urea groups is 1. The predicted molar refractivity (Wildman–Crippen MR) is 222 cm³/mol. The molecule has 0 radical (unpaired) electrons. The molecular weight excluding hydrogens is 812 g/mol. The summed E-state index contributed by atoms with van der Waals surface area (Å²) in [6, 6.07) is 6.19. The first kappa shape index (κ1) is 41.2. The number of imide groups is 1. The minimum Gasteiger partial charge on any atom is -0.378 e. The van der Waals surface area contributed by atoms with Gasteiger partial charge in [0.15, 0.2) is 11.3 Å². The number of likely N-dealkylation sites (tertiary alicyclic amines) is 2. The smallest absolute Gasteiger partial charge is 0.328 e. The topological polar surface area (TPSA) is 163 Å². The number of aromatic nitrogens is 5. The van der Waals surface area contributed by atoms with Crippen molar-refractivity contribution in [2.75, 3.05) is 80.7 Å². The number of morpholine rings is 1. The highest BCUT2D eigenvalue weighted by Gasteiger charge is 2.40. The van der Waals surface area contributed by atoms with E-state index in [4.69, 9.17) is 16.3 Å². The second-order valence-electron chi connectivity index (χ2n) is 17.1. The van der Waals surface area contributed by atoms with Gasteiger partial charge < -0.3 is 24.8 Å². The van der Waals surface area contributed by atoms with Crippen LogP contribution < -0.4 is 20.4 Å². The van der Waals surface area contributed by atoms with Gasteiger partial charge in [-0.3, -0.25) is 29.3 Å². The quantitative estimate of drug-likeness (QED) is 0.210. The number of carbonyl (C=O) groups is 4. The number of rotatable bonds is 9. The number of nitrogens with one attached hydrogen (secondary N) is 2. The molecule has 1 aliphatic carbocycles. The molecule has 7 heterocycles. The molecule has 5 fully saturated rings. The van der Waals surface area contributed by atoms with E-state index in [0.29, 0.717) is 73.0 Å². The summed E-state index contributed by atoms with van der Waals surface area (Å²) in [6.07, 6.45) is 9.90. The Bertz CT molecular complexity index is 2290. The van der Waals surface area contributed by atoms with E-state index in [-0.39, 0.29) is 47.5 Å². The van der Waals surface area contributed by atoms with Crippen LogP contribution >= 0.6 is 11.6 Å². The average Bonchev–Trinajstić information content (AvgIpc) is 3.90. The molecule has 61 heavy (non-hydrogen) atoms. The molecule has 4 aromatic rings. The van der Waals surface area contributed by atoms with Gasteiger partial charge in [0.25, 0.3) is 18.2 Å². The van der Waals surface area contributed by atoms with Gasteiger partial charge in [0.2, 0.25) is 5.91 Å². The number of anilines is 3. The SMILES string of the molecule is O=C1CCN(c2cc(C(=O)N3CCC4(CCC(CN5CCC(n6cc(NC(=O)c7cnn8ccc(N9CCOCC9)nc78)c(C(F)F)n6)CC5)CC4)CC3)ccc2Cl)C(=O)N1. The summed E-state index contributed by atoms with van der Waals surface area (Å²) in [4.78, 5) is 63.7. The summed E-state index contributed by atoms with van der Waals surface area (Å²) in [5, 5.41) is 13.9. The zero-order chi connectivity index (χ0) is 42.3. The van der Waals surface area contributed by atoms with Gasteiger partial charge in [0.1, 0.15) is 11.4 Å². The zero-order valence-corrected chi connectivity index (χ0v) is 34.7. The molecule has 4 saturated heterocycles. The highest BCUT2D eigenvalue weighted by molar-refractivity contribution is 6.34. The number of alkyl halides is 2. The first-order chi connectivity index (χ1) is 29.5. The molecule has 5 aliphatic rings. The van der Waals surface area contributed by atoms with Gasteiger partial charge in [-0.15, -0.1) is 0 Å². The third-order valence-electron chi connectivity index (χ3n) is 13.4. The summed E-state index contributed by atoms with van der Waals surface area (Å²) in [6.45, 7) is 6.74. The lowest BCUT2D eigenvalue weighted by atomic mass is 9.65. The maximum absolute atomic E-state index is 14.3. The molecule has 1 spiro atoms. The van der Waals surface area contributed by atoms with Crippen LogP contribution in [0.3, 0.4) is 0 Å². The number of ether oxygens (including phenoxy) is 1. The van der Waals surface area contributed by atoms with Crippen molar-refractivity contribution in [3.63, 3.8) is 0 Å². The molecule has 324 valence electrons. The van der Waals surface area contributed by atoms with Crippen molar-refractivity contribution in [2.24, 2.45) is 11.3 Å². The Morgan fingerprint density at radius 3 is 2.44 bits per heavy atom. The summed E-state index contributed by atoms with van der Waals surface area (Å²) in [7, 11) is 0. The third kappa shape index (κ3) is 8.66. The highest BCUT2D eigenvalue weighted by Crippen LogP contribution is 2.47. The Labute approximate surface area is 356 Å². The van der Waals surface area contributed by atoms with Crippen LogP contribution in [0.25, 0.3) is 5.65 Å². The Morgan fingerprint density at radius 1 is 0.967 bits per heavy atom. The van der Waals surface area contributed by atoms with Crippen molar-refractivity contribution in [2.45, 2.75) is 70.3 Å². The number of hydrogen-bond donors (Lipinski definition) is 2. The fraction of sp³-hybridized carbons (Fsp3) is 0.548. The monoisotopic (exact) mass is 861 g/mol. The normalized spacial score (nSPS) is 20.8. The van der Waals surface area contributed by atoms with E-state index in [1.54, 1.807) is 29.1 Å². The molecule has 9 rings (SSSR count). The van der Waals surface area contributed by atoms with Crippen LogP contribution in [0.2, 0.25) is 5.02 Å². The van der Waals surface area contributed by atoms with Crippen LogP contribution in [-0.4, -0.2) is 124 Å². The van der Waals surface area contributed by atoms with Crippen LogP contribution in [-0.2, 0) is 9.53 Å². The van der Waals surface area contributed by atoms with Crippen molar-refractivity contribution in [1.29, 1.82) is 0 Å². The maximum atomic E-state index is 14.3. The van der Waals surface area contributed by atoms with Gasteiger partial charge in [0, 0.05) is 76.7 Å². The summed E-state index contributed by atoms with van der Waals surface area (Å²) in [5.74, 6) is 0.272.